The molecule has 0 aliphatic rings. The average molecular weight is 271 g/mol. The molecule has 104 valence electrons. The Morgan fingerprint density at radius 2 is 1.90 bits per heavy atom. The number of nitrogens with zero attached hydrogens (tertiary/aromatic N) is 1. The van der Waals surface area contributed by atoms with Gasteiger partial charge in [0.2, 0.25) is 0 Å². The lowest BCUT2D eigenvalue weighted by Gasteiger charge is -2.09. The van der Waals surface area contributed by atoms with Gasteiger partial charge in [0, 0.05) is 18.1 Å². The van der Waals surface area contributed by atoms with Gasteiger partial charge in [-0.25, -0.2) is 0 Å². The van der Waals surface area contributed by atoms with Crippen molar-refractivity contribution in [2.24, 2.45) is 5.92 Å². The lowest BCUT2D eigenvalue weighted by Crippen LogP contribution is -2.37. The molecule has 0 saturated carbocycles. The van der Waals surface area contributed by atoms with Gasteiger partial charge in [-0.15, -0.1) is 0 Å². The van der Waals surface area contributed by atoms with Crippen molar-refractivity contribution in [2.45, 2.75) is 13.8 Å². The summed E-state index contributed by atoms with van der Waals surface area (Å²) in [6, 6.07) is 9.16. The van der Waals surface area contributed by atoms with Crippen LogP contribution in [0.5, 0.6) is 0 Å². The van der Waals surface area contributed by atoms with Gasteiger partial charge in [0.05, 0.1) is 11.2 Å². The molecule has 2 rings (SSSR count). The predicted octanol–water partition coefficient (Wildman–Crippen LogP) is 1.95. The molecule has 0 aliphatic heterocycles. The number of aromatic nitrogens is 1. The maximum atomic E-state index is 11.8. The summed E-state index contributed by atoms with van der Waals surface area (Å²) in [6.45, 7) is 4.40. The van der Waals surface area contributed by atoms with E-state index < -0.39 is 11.8 Å². The van der Waals surface area contributed by atoms with Gasteiger partial charge >= 0.3 is 11.8 Å². The molecule has 0 radical (unpaired) electrons. The molecule has 2 N–H and O–H groups in total. The zero-order valence-electron chi connectivity index (χ0n) is 11.5. The Balaban J connectivity index is 2.12. The van der Waals surface area contributed by atoms with Crippen molar-refractivity contribution in [3.8, 4) is 0 Å². The molecule has 0 spiro atoms. The number of hydrogen-bond acceptors (Lipinski definition) is 3. The molecule has 5 nitrogen and oxygen atoms in total. The van der Waals surface area contributed by atoms with Crippen LogP contribution in [0.3, 0.4) is 0 Å². The maximum Gasteiger partial charge on any atom is 0.313 e. The molecule has 0 fully saturated rings. The first-order chi connectivity index (χ1) is 9.58. The number of nitrogens with one attached hydrogen (secondary N) is 2. The van der Waals surface area contributed by atoms with E-state index in [1.807, 2.05) is 38.1 Å². The van der Waals surface area contributed by atoms with Crippen LogP contribution in [0, 0.1) is 5.92 Å². The molecule has 1 aromatic carbocycles. The fourth-order valence-corrected chi connectivity index (χ4v) is 1.76. The number of amides is 2. The summed E-state index contributed by atoms with van der Waals surface area (Å²) in [4.78, 5) is 27.7. The first-order valence-corrected chi connectivity index (χ1v) is 6.51. The van der Waals surface area contributed by atoms with E-state index in [-0.39, 0.29) is 0 Å². The largest absolute Gasteiger partial charge is 0.348 e. The molecule has 1 heterocycles. The van der Waals surface area contributed by atoms with Crippen molar-refractivity contribution in [1.82, 2.24) is 10.3 Å². The van der Waals surface area contributed by atoms with Crippen LogP contribution in [0.1, 0.15) is 13.8 Å². The van der Waals surface area contributed by atoms with Crippen LogP contribution in [0.15, 0.2) is 36.5 Å². The fourth-order valence-electron chi connectivity index (χ4n) is 1.76. The van der Waals surface area contributed by atoms with Crippen LogP contribution >= 0.6 is 0 Å². The number of hydrogen-bond donors (Lipinski definition) is 2. The minimum atomic E-state index is -0.677. The summed E-state index contributed by atoms with van der Waals surface area (Å²) in [5.74, 6) is -1.01. The number of rotatable bonds is 3. The Kier molecular flexibility index (Phi) is 4.30. The molecule has 0 atom stereocenters. The van der Waals surface area contributed by atoms with E-state index in [1.54, 1.807) is 12.3 Å². The van der Waals surface area contributed by atoms with E-state index in [0.29, 0.717) is 23.7 Å². The topological polar surface area (TPSA) is 71.1 Å². The summed E-state index contributed by atoms with van der Waals surface area (Å²) < 4.78 is 0. The Labute approximate surface area is 117 Å². The van der Waals surface area contributed by atoms with Crippen LogP contribution < -0.4 is 10.6 Å². The SMILES string of the molecule is CC(C)CNC(=O)C(=O)Nc1cccc2cccnc12. The van der Waals surface area contributed by atoms with E-state index in [9.17, 15) is 9.59 Å². The second-order valence-corrected chi connectivity index (χ2v) is 4.94. The van der Waals surface area contributed by atoms with Gasteiger partial charge in [-0.1, -0.05) is 32.0 Å². The third-order valence-electron chi connectivity index (χ3n) is 2.76. The van der Waals surface area contributed by atoms with Crippen molar-refractivity contribution in [2.75, 3.05) is 11.9 Å². The Morgan fingerprint density at radius 3 is 2.65 bits per heavy atom. The summed E-state index contributed by atoms with van der Waals surface area (Å²) in [7, 11) is 0. The number of carbonyl (C=O) groups excluding carboxylic acids is 2. The standard InChI is InChI=1S/C15H17N3O2/c1-10(2)9-17-14(19)15(20)18-12-7-3-5-11-6-4-8-16-13(11)12/h3-8,10H,9H2,1-2H3,(H,17,19)(H,18,20). The molecule has 2 aromatic rings. The number of para-hydroxylation sites is 1. The first kappa shape index (κ1) is 14.0. The predicted molar refractivity (Wildman–Crippen MR) is 78.2 cm³/mol. The summed E-state index contributed by atoms with van der Waals surface area (Å²) in [6.07, 6.45) is 1.65. The van der Waals surface area contributed by atoms with E-state index in [1.165, 1.54) is 0 Å². The second kappa shape index (κ2) is 6.14. The Bertz CT molecular complexity index is 633. The molecule has 2 amide bonds. The number of benzene rings is 1. The third kappa shape index (κ3) is 3.32. The number of pyridine rings is 1. The number of anilines is 1. The highest BCUT2D eigenvalue weighted by molar-refractivity contribution is 6.40. The van der Waals surface area contributed by atoms with Crippen molar-refractivity contribution >= 4 is 28.4 Å². The van der Waals surface area contributed by atoms with Crippen molar-refractivity contribution in [3.63, 3.8) is 0 Å². The zero-order valence-corrected chi connectivity index (χ0v) is 11.5. The molecule has 0 saturated heterocycles. The first-order valence-electron chi connectivity index (χ1n) is 6.51. The molecule has 20 heavy (non-hydrogen) atoms. The van der Waals surface area contributed by atoms with Gasteiger partial charge in [0.15, 0.2) is 0 Å². The quantitative estimate of drug-likeness (QED) is 0.838. The van der Waals surface area contributed by atoms with E-state index >= 15 is 0 Å². The van der Waals surface area contributed by atoms with Crippen LogP contribution in [-0.2, 0) is 9.59 Å². The molecular formula is C15H17N3O2. The van der Waals surface area contributed by atoms with Crippen LogP contribution in [0.2, 0.25) is 0 Å². The smallest absolute Gasteiger partial charge is 0.313 e. The Hall–Kier alpha value is -2.43. The highest BCUT2D eigenvalue weighted by atomic mass is 16.2. The van der Waals surface area contributed by atoms with Gasteiger partial charge < -0.3 is 10.6 Å². The van der Waals surface area contributed by atoms with E-state index in [2.05, 4.69) is 15.6 Å². The maximum absolute atomic E-state index is 11.8. The zero-order chi connectivity index (χ0) is 14.5. The Morgan fingerprint density at radius 1 is 1.15 bits per heavy atom. The van der Waals surface area contributed by atoms with E-state index in [0.717, 1.165) is 5.39 Å². The molecule has 0 aliphatic carbocycles. The molecule has 1 aromatic heterocycles. The summed E-state index contributed by atoms with van der Waals surface area (Å²) in [5, 5.41) is 6.08. The van der Waals surface area contributed by atoms with Crippen molar-refractivity contribution in [3.05, 3.63) is 36.5 Å². The van der Waals surface area contributed by atoms with Gasteiger partial charge in [-0.2, -0.15) is 0 Å². The highest BCUT2D eigenvalue weighted by Crippen LogP contribution is 2.20. The van der Waals surface area contributed by atoms with E-state index in [4.69, 9.17) is 0 Å². The lowest BCUT2D eigenvalue weighted by molar-refractivity contribution is -0.136. The number of fused-ring (bicyclic) bond motifs is 1. The normalized spacial score (nSPS) is 10.6. The summed E-state index contributed by atoms with van der Waals surface area (Å²) >= 11 is 0. The highest BCUT2D eigenvalue weighted by Gasteiger charge is 2.15. The monoisotopic (exact) mass is 271 g/mol. The fraction of sp³-hybridized carbons (Fsp3) is 0.267. The lowest BCUT2D eigenvalue weighted by atomic mass is 10.2. The minimum absolute atomic E-state index is 0.297. The van der Waals surface area contributed by atoms with Crippen LogP contribution in [0.25, 0.3) is 10.9 Å². The second-order valence-electron chi connectivity index (χ2n) is 4.94. The van der Waals surface area contributed by atoms with Crippen LogP contribution in [0.4, 0.5) is 5.69 Å². The van der Waals surface area contributed by atoms with Crippen molar-refractivity contribution in [1.29, 1.82) is 0 Å². The van der Waals surface area contributed by atoms with Gasteiger partial charge in [0.1, 0.15) is 0 Å². The average Bonchev–Trinajstić information content (AvgIpc) is 2.45. The molecule has 5 heteroatoms. The third-order valence-corrected chi connectivity index (χ3v) is 2.76. The van der Waals surface area contributed by atoms with Gasteiger partial charge in [-0.05, 0) is 18.1 Å². The minimum Gasteiger partial charge on any atom is -0.348 e. The number of carbonyl (C=O) groups is 2. The van der Waals surface area contributed by atoms with Crippen molar-refractivity contribution < 1.29 is 9.59 Å². The molecular weight excluding hydrogens is 254 g/mol. The van der Waals surface area contributed by atoms with Crippen LogP contribution in [-0.4, -0.2) is 23.3 Å². The molecule has 0 bridgehead atoms. The molecule has 0 unspecified atom stereocenters. The van der Waals surface area contributed by atoms with Gasteiger partial charge in [0.25, 0.3) is 0 Å². The summed E-state index contributed by atoms with van der Waals surface area (Å²) in [5.41, 5.74) is 1.20. The van der Waals surface area contributed by atoms with Gasteiger partial charge in [-0.3, -0.25) is 14.6 Å².